The fourth-order valence-electron chi connectivity index (χ4n) is 7.80. The quantitative estimate of drug-likeness (QED) is 0.328. The van der Waals surface area contributed by atoms with Gasteiger partial charge in [-0.15, -0.1) is 0 Å². The van der Waals surface area contributed by atoms with Crippen molar-refractivity contribution >= 4 is 29.1 Å². The summed E-state index contributed by atoms with van der Waals surface area (Å²) in [6.07, 6.45) is 2.80. The van der Waals surface area contributed by atoms with Gasteiger partial charge in [-0.3, -0.25) is 14.4 Å². The zero-order valence-electron chi connectivity index (χ0n) is 25.8. The Morgan fingerprint density at radius 1 is 1.02 bits per heavy atom. The molecule has 9 heteroatoms. The number of aliphatic hydroxyl groups is 1. The summed E-state index contributed by atoms with van der Waals surface area (Å²) in [5.74, 6) is -2.35. The van der Waals surface area contributed by atoms with Crippen molar-refractivity contribution in [1.29, 1.82) is 0 Å². The second kappa shape index (κ2) is 12.7. The molecule has 2 aromatic rings. The monoisotopic (exact) mass is 590 g/mol. The van der Waals surface area contributed by atoms with Gasteiger partial charge in [0.05, 0.1) is 30.1 Å². The third kappa shape index (κ3) is 5.31. The molecular weight excluding hydrogens is 544 g/mol. The number of ether oxygens (including phenoxy) is 1. The van der Waals surface area contributed by atoms with Gasteiger partial charge in [-0.05, 0) is 75.8 Å². The van der Waals surface area contributed by atoms with E-state index >= 15 is 0 Å². The molecule has 3 aliphatic rings. The van der Waals surface area contributed by atoms with Gasteiger partial charge < -0.3 is 30.3 Å². The highest BCUT2D eigenvalue weighted by molar-refractivity contribution is 6.04. The largest absolute Gasteiger partial charge is 0.394 e. The van der Waals surface area contributed by atoms with Crippen molar-refractivity contribution in [3.8, 4) is 0 Å². The zero-order valence-corrected chi connectivity index (χ0v) is 25.8. The number of rotatable bonds is 13. The lowest BCUT2D eigenvalue weighted by Gasteiger charge is -2.37. The van der Waals surface area contributed by atoms with Crippen LogP contribution in [0, 0.1) is 11.8 Å². The van der Waals surface area contributed by atoms with Gasteiger partial charge in [-0.1, -0.05) is 44.2 Å². The molecule has 2 unspecified atom stereocenters. The van der Waals surface area contributed by atoms with Crippen molar-refractivity contribution in [2.45, 2.75) is 83.1 Å². The Kier molecular flexibility index (Phi) is 9.13. The van der Waals surface area contributed by atoms with Crippen molar-refractivity contribution in [2.75, 3.05) is 36.5 Å². The van der Waals surface area contributed by atoms with Gasteiger partial charge in [0, 0.05) is 31.0 Å². The predicted octanol–water partition coefficient (Wildman–Crippen LogP) is 3.76. The Morgan fingerprint density at radius 2 is 1.72 bits per heavy atom. The molecule has 1 spiro atoms. The van der Waals surface area contributed by atoms with E-state index in [2.05, 4.69) is 29.4 Å². The minimum Gasteiger partial charge on any atom is -0.394 e. The summed E-state index contributed by atoms with van der Waals surface area (Å²) in [4.78, 5) is 46.3. The van der Waals surface area contributed by atoms with E-state index in [1.54, 1.807) is 4.90 Å². The van der Waals surface area contributed by atoms with Crippen LogP contribution in [0.25, 0.3) is 0 Å². The average molecular weight is 591 g/mol. The van der Waals surface area contributed by atoms with Crippen LogP contribution in [-0.2, 0) is 25.5 Å². The lowest BCUT2D eigenvalue weighted by Crippen LogP contribution is -2.57. The molecule has 232 valence electrons. The molecule has 3 aliphatic heterocycles. The number of benzene rings is 2. The molecule has 6 atom stereocenters. The van der Waals surface area contributed by atoms with Crippen LogP contribution >= 0.6 is 0 Å². The van der Waals surface area contributed by atoms with Crippen molar-refractivity contribution in [3.63, 3.8) is 0 Å². The van der Waals surface area contributed by atoms with Crippen LogP contribution in [0.15, 0.2) is 54.6 Å². The second-order valence-corrected chi connectivity index (χ2v) is 12.1. The molecule has 3 heterocycles. The standard InChI is InChI=1S/C34H46N4O5/c1-5-20-35-30(40)27-28-32(42)38(26(22-39)21-23-12-10-9-11-13-23)29(34(28)19-18-33(27,6-2)43-34)31(41)36-24-14-16-25(17-15-24)37(7-3)8-4/h9-17,26-29,39H,5-8,18-22H2,1-4H3,(H,35,40)(H,36,41)/t26-,27+,28+,29?,33-,34?/m1/s1. The predicted molar refractivity (Wildman–Crippen MR) is 167 cm³/mol. The Morgan fingerprint density at radius 3 is 2.33 bits per heavy atom. The van der Waals surface area contributed by atoms with E-state index in [1.807, 2.05) is 68.4 Å². The third-order valence-corrected chi connectivity index (χ3v) is 9.88. The van der Waals surface area contributed by atoms with Crippen LogP contribution in [0.3, 0.4) is 0 Å². The fourth-order valence-corrected chi connectivity index (χ4v) is 7.80. The van der Waals surface area contributed by atoms with Gasteiger partial charge in [-0.25, -0.2) is 0 Å². The van der Waals surface area contributed by atoms with Gasteiger partial charge in [0.25, 0.3) is 0 Å². The smallest absolute Gasteiger partial charge is 0.250 e. The average Bonchev–Trinajstić information content (AvgIpc) is 3.64. The SMILES string of the molecule is CCCNC(=O)[C@@H]1[C@H]2C(=O)N([C@@H](CO)Cc3ccccc3)C(C(=O)Nc3ccc(N(CC)CC)cc3)C23CC[C@@]1(CC)O3. The maximum Gasteiger partial charge on any atom is 0.250 e. The molecule has 3 saturated heterocycles. The molecule has 5 rings (SSSR count). The molecule has 0 saturated carbocycles. The Hall–Kier alpha value is -3.43. The van der Waals surface area contributed by atoms with E-state index < -0.39 is 35.1 Å². The number of likely N-dealkylation sites (tertiary alicyclic amines) is 1. The zero-order chi connectivity index (χ0) is 30.8. The number of hydrogen-bond acceptors (Lipinski definition) is 6. The lowest BCUT2D eigenvalue weighted by atomic mass is 9.65. The first-order valence-corrected chi connectivity index (χ1v) is 15.9. The van der Waals surface area contributed by atoms with Gasteiger partial charge in [0.1, 0.15) is 11.6 Å². The Labute approximate surface area is 255 Å². The van der Waals surface area contributed by atoms with E-state index in [1.165, 1.54) is 0 Å². The Bertz CT molecular complexity index is 1300. The van der Waals surface area contributed by atoms with Crippen LogP contribution in [0.2, 0.25) is 0 Å². The van der Waals surface area contributed by atoms with Crippen LogP contribution < -0.4 is 15.5 Å². The highest BCUT2D eigenvalue weighted by Crippen LogP contribution is 2.64. The molecule has 3 amide bonds. The number of fused-ring (bicyclic) bond motifs is 1. The second-order valence-electron chi connectivity index (χ2n) is 12.1. The molecular formula is C34H46N4O5. The molecule has 9 nitrogen and oxygen atoms in total. The van der Waals surface area contributed by atoms with Gasteiger partial charge in [0.15, 0.2) is 0 Å². The summed E-state index contributed by atoms with van der Waals surface area (Å²) in [6, 6.07) is 15.7. The summed E-state index contributed by atoms with van der Waals surface area (Å²) in [7, 11) is 0. The van der Waals surface area contributed by atoms with Gasteiger partial charge in [0.2, 0.25) is 17.7 Å². The first kappa shape index (κ1) is 31.0. The summed E-state index contributed by atoms with van der Waals surface area (Å²) in [5, 5.41) is 16.7. The topological polar surface area (TPSA) is 111 Å². The van der Waals surface area contributed by atoms with E-state index in [0.29, 0.717) is 37.9 Å². The van der Waals surface area contributed by atoms with Crippen molar-refractivity contribution in [3.05, 3.63) is 60.2 Å². The maximum absolute atomic E-state index is 14.5. The molecule has 43 heavy (non-hydrogen) atoms. The molecule has 0 aromatic heterocycles. The number of carbonyl (C=O) groups is 3. The van der Waals surface area contributed by atoms with E-state index in [-0.39, 0.29) is 24.3 Å². The minimum absolute atomic E-state index is 0.194. The maximum atomic E-state index is 14.5. The highest BCUT2D eigenvalue weighted by atomic mass is 16.5. The summed E-state index contributed by atoms with van der Waals surface area (Å²) >= 11 is 0. The first-order valence-electron chi connectivity index (χ1n) is 15.9. The third-order valence-electron chi connectivity index (χ3n) is 9.88. The van der Waals surface area contributed by atoms with E-state index in [9.17, 15) is 19.5 Å². The first-order chi connectivity index (χ1) is 20.8. The van der Waals surface area contributed by atoms with Crippen LogP contribution in [0.4, 0.5) is 11.4 Å². The van der Waals surface area contributed by atoms with Crippen LogP contribution in [0.5, 0.6) is 0 Å². The lowest BCUT2D eigenvalue weighted by molar-refractivity contribution is -0.149. The van der Waals surface area contributed by atoms with Gasteiger partial charge >= 0.3 is 0 Å². The van der Waals surface area contributed by atoms with E-state index in [0.717, 1.165) is 30.8 Å². The summed E-state index contributed by atoms with van der Waals surface area (Å²) in [6.45, 7) is 10.1. The van der Waals surface area contributed by atoms with Crippen molar-refractivity contribution in [1.82, 2.24) is 10.2 Å². The summed E-state index contributed by atoms with van der Waals surface area (Å²) < 4.78 is 6.86. The van der Waals surface area contributed by atoms with Crippen LogP contribution in [-0.4, -0.2) is 77.3 Å². The molecule has 2 aromatic carbocycles. The number of hydrogen-bond donors (Lipinski definition) is 3. The molecule has 3 N–H and O–H groups in total. The molecule has 2 bridgehead atoms. The molecule has 0 aliphatic carbocycles. The van der Waals surface area contributed by atoms with E-state index in [4.69, 9.17) is 4.74 Å². The minimum atomic E-state index is -1.16. The number of nitrogens with one attached hydrogen (secondary N) is 2. The van der Waals surface area contributed by atoms with Crippen molar-refractivity contribution < 1.29 is 24.2 Å². The molecule has 0 radical (unpaired) electrons. The number of anilines is 2. The Balaban J connectivity index is 1.53. The fraction of sp³-hybridized carbons (Fsp3) is 0.559. The number of amides is 3. The normalized spacial score (nSPS) is 28.1. The summed E-state index contributed by atoms with van der Waals surface area (Å²) in [5.41, 5.74) is 0.666. The highest BCUT2D eigenvalue weighted by Gasteiger charge is 2.79. The number of carbonyl (C=O) groups excluding carboxylic acids is 3. The number of nitrogens with zero attached hydrogens (tertiary/aromatic N) is 2. The number of aliphatic hydroxyl groups excluding tert-OH is 1. The van der Waals surface area contributed by atoms with Gasteiger partial charge in [-0.2, -0.15) is 0 Å². The van der Waals surface area contributed by atoms with Crippen molar-refractivity contribution in [2.24, 2.45) is 11.8 Å². The van der Waals surface area contributed by atoms with Crippen LogP contribution in [0.1, 0.15) is 58.9 Å². The molecule has 3 fully saturated rings.